The van der Waals surface area contributed by atoms with Crippen molar-refractivity contribution in [3.8, 4) is 11.4 Å². The van der Waals surface area contributed by atoms with Gasteiger partial charge in [-0.3, -0.25) is 4.79 Å². The maximum absolute atomic E-state index is 11.3. The fraction of sp³-hybridized carbons (Fsp3) is 0.167. The second-order valence-electron chi connectivity index (χ2n) is 3.43. The van der Waals surface area contributed by atoms with Crippen molar-refractivity contribution in [2.75, 3.05) is 7.11 Å². The van der Waals surface area contributed by atoms with E-state index in [0.29, 0.717) is 0 Å². The molecule has 17 heavy (non-hydrogen) atoms. The van der Waals surface area contributed by atoms with Gasteiger partial charge in [-0.1, -0.05) is 18.2 Å². The molecule has 0 saturated carbocycles. The molecule has 0 N–H and O–H groups in total. The molecule has 4 nitrogen and oxygen atoms in total. The first kappa shape index (κ1) is 12.1. The molecule has 0 aliphatic carbocycles. The topological polar surface area (TPSA) is 44.1 Å². The predicted octanol–water partition coefficient (Wildman–Crippen LogP) is 2.33. The minimum atomic E-state index is -0.282. The second-order valence-corrected chi connectivity index (χ2v) is 4.60. The number of halogens is 1. The van der Waals surface area contributed by atoms with Gasteiger partial charge in [0.05, 0.1) is 7.11 Å². The maximum atomic E-state index is 11.3. The van der Waals surface area contributed by atoms with Crippen molar-refractivity contribution in [1.29, 1.82) is 0 Å². The predicted molar refractivity (Wildman–Crippen MR) is 72.4 cm³/mol. The third-order valence-corrected chi connectivity index (χ3v) is 3.30. The lowest BCUT2D eigenvalue weighted by Gasteiger charge is -2.07. The Balaban J connectivity index is 2.37. The van der Waals surface area contributed by atoms with Crippen LogP contribution in [-0.2, 0) is 16.1 Å². The van der Waals surface area contributed by atoms with Gasteiger partial charge in [0, 0.05) is 21.5 Å². The molecule has 1 aromatic carbocycles. The molecule has 0 atom stereocenters. The molecule has 2 rings (SSSR count). The highest BCUT2D eigenvalue weighted by Gasteiger charge is 2.11. The van der Waals surface area contributed by atoms with E-state index in [9.17, 15) is 4.79 Å². The summed E-state index contributed by atoms with van der Waals surface area (Å²) < 4.78 is 7.54. The molecule has 2 aromatic rings. The Labute approximate surface area is 113 Å². The van der Waals surface area contributed by atoms with Gasteiger partial charge in [0.2, 0.25) is 0 Å². The summed E-state index contributed by atoms with van der Waals surface area (Å²) in [7, 11) is 1.38. The first-order valence-electron chi connectivity index (χ1n) is 5.05. The van der Waals surface area contributed by atoms with E-state index < -0.39 is 0 Å². The van der Waals surface area contributed by atoms with Crippen molar-refractivity contribution in [2.45, 2.75) is 6.54 Å². The van der Waals surface area contributed by atoms with Crippen LogP contribution in [0.25, 0.3) is 11.4 Å². The fourth-order valence-electron chi connectivity index (χ4n) is 1.53. The largest absolute Gasteiger partial charge is 0.468 e. The summed E-state index contributed by atoms with van der Waals surface area (Å²) in [5.41, 5.74) is 1.02. The number of methoxy groups -OCH3 is 1. The summed E-state index contributed by atoms with van der Waals surface area (Å²) in [6.45, 7) is 0.177. The van der Waals surface area contributed by atoms with E-state index in [0.717, 1.165) is 15.0 Å². The number of carbonyl (C=O) groups is 1. The lowest BCUT2D eigenvalue weighted by atomic mass is 10.2. The summed E-state index contributed by atoms with van der Waals surface area (Å²) in [6, 6.07) is 7.92. The van der Waals surface area contributed by atoms with E-state index in [1.807, 2.05) is 24.3 Å². The highest BCUT2D eigenvalue weighted by atomic mass is 127. The number of benzene rings is 1. The van der Waals surface area contributed by atoms with Crippen LogP contribution in [0.4, 0.5) is 0 Å². The third kappa shape index (κ3) is 2.66. The van der Waals surface area contributed by atoms with E-state index in [4.69, 9.17) is 0 Å². The molecule has 0 fully saturated rings. The fourth-order valence-corrected chi connectivity index (χ4v) is 2.16. The number of rotatable bonds is 3. The van der Waals surface area contributed by atoms with Crippen LogP contribution < -0.4 is 0 Å². The van der Waals surface area contributed by atoms with E-state index in [2.05, 4.69) is 32.3 Å². The van der Waals surface area contributed by atoms with Gasteiger partial charge in [-0.15, -0.1) is 0 Å². The average Bonchev–Trinajstić information content (AvgIpc) is 2.77. The maximum Gasteiger partial charge on any atom is 0.325 e. The van der Waals surface area contributed by atoms with E-state index in [-0.39, 0.29) is 12.5 Å². The summed E-state index contributed by atoms with van der Waals surface area (Å²) >= 11 is 2.25. The van der Waals surface area contributed by atoms with Crippen molar-refractivity contribution in [3.63, 3.8) is 0 Å². The zero-order valence-electron chi connectivity index (χ0n) is 9.26. The van der Waals surface area contributed by atoms with Crippen LogP contribution >= 0.6 is 22.6 Å². The Morgan fingerprint density at radius 2 is 2.24 bits per heavy atom. The second kappa shape index (κ2) is 5.31. The number of hydrogen-bond donors (Lipinski definition) is 0. The number of hydrogen-bond acceptors (Lipinski definition) is 3. The number of imidazole rings is 1. The quantitative estimate of drug-likeness (QED) is 0.635. The van der Waals surface area contributed by atoms with Crippen molar-refractivity contribution >= 4 is 28.6 Å². The van der Waals surface area contributed by atoms with Crippen LogP contribution in [0.5, 0.6) is 0 Å². The monoisotopic (exact) mass is 342 g/mol. The average molecular weight is 342 g/mol. The van der Waals surface area contributed by atoms with Crippen molar-refractivity contribution in [2.24, 2.45) is 0 Å². The Morgan fingerprint density at radius 3 is 2.94 bits per heavy atom. The van der Waals surface area contributed by atoms with E-state index >= 15 is 0 Å². The van der Waals surface area contributed by atoms with E-state index in [1.165, 1.54) is 7.11 Å². The molecule has 0 aliphatic rings. The lowest BCUT2D eigenvalue weighted by molar-refractivity contribution is -0.141. The molecule has 0 bridgehead atoms. The smallest absolute Gasteiger partial charge is 0.325 e. The number of ether oxygens (including phenoxy) is 1. The lowest BCUT2D eigenvalue weighted by Crippen LogP contribution is -2.12. The standard InChI is InChI=1S/C12H11IN2O2/c1-17-11(16)8-15-7-6-14-12(15)9-4-2-3-5-10(9)13/h2-7H,8H2,1H3. The zero-order chi connectivity index (χ0) is 12.3. The molecule has 88 valence electrons. The van der Waals surface area contributed by atoms with Crippen molar-refractivity contribution < 1.29 is 9.53 Å². The molecule has 5 heteroatoms. The number of aromatic nitrogens is 2. The van der Waals surface area contributed by atoms with E-state index in [1.54, 1.807) is 17.0 Å². The summed E-state index contributed by atoms with van der Waals surface area (Å²) in [6.07, 6.45) is 3.46. The molecule has 0 aliphatic heterocycles. The molecule has 1 heterocycles. The van der Waals surface area contributed by atoms with Gasteiger partial charge in [-0.25, -0.2) is 4.98 Å². The Hall–Kier alpha value is -1.37. The van der Waals surface area contributed by atoms with Crippen LogP contribution in [0.2, 0.25) is 0 Å². The zero-order valence-corrected chi connectivity index (χ0v) is 11.4. The summed E-state index contributed by atoms with van der Waals surface area (Å²) in [4.78, 5) is 15.6. The van der Waals surface area contributed by atoms with Crippen LogP contribution in [0.3, 0.4) is 0 Å². The summed E-state index contributed by atoms with van der Waals surface area (Å²) in [5.74, 6) is 0.496. The van der Waals surface area contributed by atoms with Gasteiger partial charge < -0.3 is 9.30 Å². The number of nitrogens with zero attached hydrogens (tertiary/aromatic N) is 2. The van der Waals surface area contributed by atoms with Gasteiger partial charge in [0.15, 0.2) is 0 Å². The minimum Gasteiger partial charge on any atom is -0.468 e. The molecular weight excluding hydrogens is 331 g/mol. The molecule has 1 aromatic heterocycles. The number of carbonyl (C=O) groups excluding carboxylic acids is 1. The van der Waals surface area contributed by atoms with Crippen LogP contribution in [-0.4, -0.2) is 22.6 Å². The molecule has 0 radical (unpaired) electrons. The van der Waals surface area contributed by atoms with Gasteiger partial charge in [0.1, 0.15) is 12.4 Å². The van der Waals surface area contributed by atoms with Crippen molar-refractivity contribution in [1.82, 2.24) is 9.55 Å². The van der Waals surface area contributed by atoms with Gasteiger partial charge in [0.25, 0.3) is 0 Å². The Morgan fingerprint density at radius 1 is 1.47 bits per heavy atom. The third-order valence-electron chi connectivity index (χ3n) is 2.36. The number of esters is 1. The SMILES string of the molecule is COC(=O)Cn1ccnc1-c1ccccc1I. The molecule has 0 unspecified atom stereocenters. The summed E-state index contributed by atoms with van der Waals surface area (Å²) in [5, 5.41) is 0. The molecule has 0 saturated heterocycles. The molecule has 0 amide bonds. The Bertz CT molecular complexity index is 537. The highest BCUT2D eigenvalue weighted by molar-refractivity contribution is 14.1. The highest BCUT2D eigenvalue weighted by Crippen LogP contribution is 2.23. The normalized spacial score (nSPS) is 10.2. The molecular formula is C12H11IN2O2. The van der Waals surface area contributed by atoms with Crippen molar-refractivity contribution in [3.05, 3.63) is 40.2 Å². The first-order valence-corrected chi connectivity index (χ1v) is 6.13. The first-order chi connectivity index (χ1) is 8.22. The van der Waals surface area contributed by atoms with Gasteiger partial charge >= 0.3 is 5.97 Å². The van der Waals surface area contributed by atoms with Crippen LogP contribution in [0.15, 0.2) is 36.7 Å². The van der Waals surface area contributed by atoms with Gasteiger partial charge in [-0.05, 0) is 28.7 Å². The molecule has 0 spiro atoms. The van der Waals surface area contributed by atoms with Crippen LogP contribution in [0, 0.1) is 3.57 Å². The minimum absolute atomic E-state index is 0.177. The van der Waals surface area contributed by atoms with Crippen LogP contribution in [0.1, 0.15) is 0 Å². The van der Waals surface area contributed by atoms with Gasteiger partial charge in [-0.2, -0.15) is 0 Å². The Kier molecular flexibility index (Phi) is 3.78.